The smallest absolute Gasteiger partial charge is 0.0952 e. The second kappa shape index (κ2) is 3.92. The molecule has 3 nitrogen and oxygen atoms in total. The number of hydrogen-bond acceptors (Lipinski definition) is 2. The first-order chi connectivity index (χ1) is 5.42. The third-order valence-electron chi connectivity index (χ3n) is 2.10. The Morgan fingerprint density at radius 3 is 3.25 bits per heavy atom. The summed E-state index contributed by atoms with van der Waals surface area (Å²) in [6.45, 7) is 4.70. The van der Waals surface area contributed by atoms with Crippen molar-refractivity contribution in [3.63, 3.8) is 0 Å². The van der Waals surface area contributed by atoms with Crippen LogP contribution in [0, 0.1) is 0 Å². The third kappa shape index (κ3) is 1.47. The summed E-state index contributed by atoms with van der Waals surface area (Å²) in [6, 6.07) is 0. The predicted octanol–water partition coefficient (Wildman–Crippen LogP) is 1.40. The molecule has 0 aliphatic carbocycles. The van der Waals surface area contributed by atoms with Crippen LogP contribution in [-0.2, 0) is 24.3 Å². The predicted molar refractivity (Wildman–Crippen MR) is 48.5 cm³/mol. The lowest BCUT2D eigenvalue weighted by Gasteiger charge is -2.13. The van der Waals surface area contributed by atoms with E-state index >= 15 is 0 Å². The van der Waals surface area contributed by atoms with Crippen molar-refractivity contribution in [1.82, 2.24) is 9.55 Å². The molecular formula is C8H13ClN2O. The van der Waals surface area contributed by atoms with Crippen LogP contribution in [0.2, 0.25) is 0 Å². The second-order valence-corrected chi connectivity index (χ2v) is 2.73. The van der Waals surface area contributed by atoms with Crippen LogP contribution in [0.25, 0.3) is 0 Å². The summed E-state index contributed by atoms with van der Waals surface area (Å²) >= 11 is 0. The highest BCUT2D eigenvalue weighted by molar-refractivity contribution is 5.85. The highest BCUT2D eigenvalue weighted by atomic mass is 35.5. The van der Waals surface area contributed by atoms with E-state index in [9.17, 15) is 0 Å². The van der Waals surface area contributed by atoms with Gasteiger partial charge in [-0.3, -0.25) is 0 Å². The van der Waals surface area contributed by atoms with E-state index in [0.717, 1.165) is 25.3 Å². The number of aryl methyl sites for hydroxylation is 1. The largest absolute Gasteiger partial charge is 0.375 e. The fraction of sp³-hybridized carbons (Fsp3) is 0.625. The van der Waals surface area contributed by atoms with E-state index in [1.165, 1.54) is 5.69 Å². The molecule has 0 saturated carbocycles. The minimum atomic E-state index is 0. The Labute approximate surface area is 78.2 Å². The van der Waals surface area contributed by atoms with Crippen LogP contribution in [0.1, 0.15) is 18.3 Å². The molecule has 1 aliphatic rings. The minimum Gasteiger partial charge on any atom is -0.375 e. The fourth-order valence-electron chi connectivity index (χ4n) is 1.47. The number of hydrogen-bond donors (Lipinski definition) is 0. The number of imidazole rings is 1. The van der Waals surface area contributed by atoms with Gasteiger partial charge >= 0.3 is 0 Å². The molecule has 0 N–H and O–H groups in total. The molecule has 0 amide bonds. The van der Waals surface area contributed by atoms with Gasteiger partial charge in [0, 0.05) is 18.7 Å². The molecule has 0 aromatic carbocycles. The van der Waals surface area contributed by atoms with Crippen LogP contribution < -0.4 is 0 Å². The maximum Gasteiger partial charge on any atom is 0.0952 e. The SMILES string of the molecule is CCn1cnc2c1CCOC2.Cl. The first-order valence-electron chi connectivity index (χ1n) is 4.02. The summed E-state index contributed by atoms with van der Waals surface area (Å²) in [7, 11) is 0. The molecule has 68 valence electrons. The molecule has 1 aliphatic heterocycles. The Hall–Kier alpha value is -0.540. The molecule has 0 radical (unpaired) electrons. The average Bonchev–Trinajstić information content (AvgIpc) is 2.47. The lowest BCUT2D eigenvalue weighted by Crippen LogP contribution is -2.12. The van der Waals surface area contributed by atoms with Gasteiger partial charge in [-0.1, -0.05) is 0 Å². The van der Waals surface area contributed by atoms with Crippen LogP contribution in [0.15, 0.2) is 6.33 Å². The van der Waals surface area contributed by atoms with Gasteiger partial charge in [-0.15, -0.1) is 12.4 Å². The first-order valence-corrected chi connectivity index (χ1v) is 4.02. The molecule has 0 atom stereocenters. The van der Waals surface area contributed by atoms with E-state index < -0.39 is 0 Å². The molecule has 4 heteroatoms. The number of halogens is 1. The molecule has 12 heavy (non-hydrogen) atoms. The summed E-state index contributed by atoms with van der Waals surface area (Å²) < 4.78 is 7.47. The van der Waals surface area contributed by atoms with Crippen molar-refractivity contribution >= 4 is 12.4 Å². The van der Waals surface area contributed by atoms with E-state index in [2.05, 4.69) is 16.5 Å². The Kier molecular flexibility index (Phi) is 3.12. The average molecular weight is 189 g/mol. The Bertz CT molecular complexity index is 246. The van der Waals surface area contributed by atoms with E-state index in [-0.39, 0.29) is 12.4 Å². The van der Waals surface area contributed by atoms with Crippen LogP contribution in [0.4, 0.5) is 0 Å². The van der Waals surface area contributed by atoms with Gasteiger partial charge in [0.2, 0.25) is 0 Å². The van der Waals surface area contributed by atoms with Crippen molar-refractivity contribution in [2.75, 3.05) is 6.61 Å². The highest BCUT2D eigenvalue weighted by Crippen LogP contribution is 2.14. The zero-order valence-electron chi connectivity index (χ0n) is 7.12. The number of fused-ring (bicyclic) bond motifs is 1. The van der Waals surface area contributed by atoms with Crippen molar-refractivity contribution < 1.29 is 4.74 Å². The van der Waals surface area contributed by atoms with Gasteiger partial charge in [-0.25, -0.2) is 4.98 Å². The lowest BCUT2D eigenvalue weighted by atomic mass is 10.2. The minimum absolute atomic E-state index is 0. The molecule has 0 bridgehead atoms. The van der Waals surface area contributed by atoms with Crippen molar-refractivity contribution in [3.8, 4) is 0 Å². The standard InChI is InChI=1S/C8H12N2O.ClH/c1-2-10-6-9-7-5-11-4-3-8(7)10;/h6H,2-5H2,1H3;1H. The third-order valence-corrected chi connectivity index (χ3v) is 2.10. The van der Waals surface area contributed by atoms with Crippen molar-refractivity contribution in [3.05, 3.63) is 17.7 Å². The van der Waals surface area contributed by atoms with Crippen LogP contribution >= 0.6 is 12.4 Å². The van der Waals surface area contributed by atoms with Crippen molar-refractivity contribution in [2.24, 2.45) is 0 Å². The molecule has 1 aromatic heterocycles. The Morgan fingerprint density at radius 1 is 1.67 bits per heavy atom. The van der Waals surface area contributed by atoms with E-state index in [4.69, 9.17) is 4.74 Å². The van der Waals surface area contributed by atoms with Gasteiger partial charge < -0.3 is 9.30 Å². The van der Waals surface area contributed by atoms with Gasteiger partial charge in [-0.05, 0) is 6.92 Å². The van der Waals surface area contributed by atoms with Crippen LogP contribution in [-0.4, -0.2) is 16.2 Å². The maximum absolute atomic E-state index is 5.28. The zero-order valence-corrected chi connectivity index (χ0v) is 7.93. The Balaban J connectivity index is 0.000000720. The summed E-state index contributed by atoms with van der Waals surface area (Å²) in [5.74, 6) is 0. The van der Waals surface area contributed by atoms with E-state index in [0.29, 0.717) is 6.61 Å². The van der Waals surface area contributed by atoms with Crippen LogP contribution in [0.5, 0.6) is 0 Å². The highest BCUT2D eigenvalue weighted by Gasteiger charge is 2.13. The topological polar surface area (TPSA) is 27.1 Å². The van der Waals surface area contributed by atoms with Gasteiger partial charge in [-0.2, -0.15) is 0 Å². The second-order valence-electron chi connectivity index (χ2n) is 2.73. The summed E-state index contributed by atoms with van der Waals surface area (Å²) in [6.07, 6.45) is 2.92. The number of ether oxygens (including phenoxy) is 1. The zero-order chi connectivity index (χ0) is 7.68. The van der Waals surface area contributed by atoms with Gasteiger partial charge in [0.25, 0.3) is 0 Å². The summed E-state index contributed by atoms with van der Waals surface area (Å²) in [5.41, 5.74) is 2.48. The van der Waals surface area contributed by atoms with E-state index in [1.54, 1.807) is 0 Å². The number of rotatable bonds is 1. The first kappa shape index (κ1) is 9.55. The molecule has 0 fully saturated rings. The Morgan fingerprint density at radius 2 is 2.50 bits per heavy atom. The summed E-state index contributed by atoms with van der Waals surface area (Å²) in [5, 5.41) is 0. The molecule has 2 heterocycles. The van der Waals surface area contributed by atoms with Gasteiger partial charge in [0.15, 0.2) is 0 Å². The molecule has 0 spiro atoms. The quantitative estimate of drug-likeness (QED) is 0.666. The molecule has 1 aromatic rings. The number of nitrogens with zero attached hydrogens (tertiary/aromatic N) is 2. The van der Waals surface area contributed by atoms with Crippen molar-refractivity contribution in [2.45, 2.75) is 26.5 Å². The van der Waals surface area contributed by atoms with Gasteiger partial charge in [0.05, 0.1) is 25.2 Å². The normalized spacial score (nSPS) is 15.1. The maximum atomic E-state index is 5.28. The monoisotopic (exact) mass is 188 g/mol. The summed E-state index contributed by atoms with van der Waals surface area (Å²) in [4.78, 5) is 4.27. The molecule has 0 unspecified atom stereocenters. The van der Waals surface area contributed by atoms with Crippen LogP contribution in [0.3, 0.4) is 0 Å². The van der Waals surface area contributed by atoms with E-state index in [1.807, 2.05) is 6.33 Å². The fourth-order valence-corrected chi connectivity index (χ4v) is 1.47. The molecular weight excluding hydrogens is 176 g/mol. The molecule has 2 rings (SSSR count). The van der Waals surface area contributed by atoms with Gasteiger partial charge in [0.1, 0.15) is 0 Å². The molecule has 0 saturated heterocycles. The number of aromatic nitrogens is 2. The van der Waals surface area contributed by atoms with Crippen molar-refractivity contribution in [1.29, 1.82) is 0 Å². The lowest BCUT2D eigenvalue weighted by molar-refractivity contribution is 0.106.